The molecule has 0 saturated heterocycles. The van der Waals surface area contributed by atoms with Crippen molar-refractivity contribution in [2.75, 3.05) is 20.3 Å². The first-order valence-corrected chi connectivity index (χ1v) is 6.20. The lowest BCUT2D eigenvalue weighted by Crippen LogP contribution is -2.34. The first-order chi connectivity index (χ1) is 8.72. The van der Waals surface area contributed by atoms with E-state index < -0.39 is 6.10 Å². The van der Waals surface area contributed by atoms with Crippen molar-refractivity contribution in [1.29, 1.82) is 0 Å². The van der Waals surface area contributed by atoms with Crippen LogP contribution in [-0.4, -0.2) is 37.4 Å². The second-order valence-electron chi connectivity index (χ2n) is 4.25. The smallest absolute Gasteiger partial charge is 0.220 e. The van der Waals surface area contributed by atoms with Crippen molar-refractivity contribution in [3.05, 3.63) is 35.9 Å². The van der Waals surface area contributed by atoms with Gasteiger partial charge in [0.25, 0.3) is 0 Å². The Kier molecular flexibility index (Phi) is 7.06. The fourth-order valence-electron chi connectivity index (χ4n) is 1.67. The van der Waals surface area contributed by atoms with Gasteiger partial charge in [-0.2, -0.15) is 0 Å². The minimum atomic E-state index is -0.631. The van der Waals surface area contributed by atoms with E-state index in [1.165, 1.54) is 12.7 Å². The Morgan fingerprint density at radius 2 is 2.11 bits per heavy atom. The molecule has 0 bridgehead atoms. The number of hydrogen-bond donors (Lipinski definition) is 2. The Morgan fingerprint density at radius 3 is 2.78 bits per heavy atom. The van der Waals surface area contributed by atoms with Crippen LogP contribution >= 0.6 is 0 Å². The highest BCUT2D eigenvalue weighted by Gasteiger charge is 2.06. The molecule has 0 saturated carbocycles. The van der Waals surface area contributed by atoms with Crippen LogP contribution in [0.4, 0.5) is 0 Å². The third-order valence-corrected chi connectivity index (χ3v) is 2.61. The minimum absolute atomic E-state index is 0.0268. The molecule has 0 aromatic heterocycles. The third-order valence-electron chi connectivity index (χ3n) is 2.61. The van der Waals surface area contributed by atoms with Gasteiger partial charge in [-0.05, 0) is 18.4 Å². The van der Waals surface area contributed by atoms with Crippen molar-refractivity contribution in [2.24, 2.45) is 0 Å². The van der Waals surface area contributed by atoms with E-state index in [4.69, 9.17) is 4.74 Å². The molecular formula is C14H21NO3. The van der Waals surface area contributed by atoms with Crippen LogP contribution in [0.2, 0.25) is 0 Å². The third kappa shape index (κ3) is 6.37. The summed E-state index contributed by atoms with van der Waals surface area (Å²) < 4.78 is 4.77. The van der Waals surface area contributed by atoms with Crippen LogP contribution in [0.25, 0.3) is 0 Å². The second kappa shape index (κ2) is 8.66. The van der Waals surface area contributed by atoms with Gasteiger partial charge in [0.1, 0.15) is 0 Å². The summed E-state index contributed by atoms with van der Waals surface area (Å²) in [7, 11) is 1.52. The standard InChI is InChI=1S/C14H21NO3/c1-18-11-13(16)10-15-14(17)9-5-8-12-6-3-2-4-7-12/h2-4,6-7,13,16H,5,8-11H2,1H3,(H,15,17). The molecule has 18 heavy (non-hydrogen) atoms. The number of hydrogen-bond acceptors (Lipinski definition) is 3. The molecule has 0 aliphatic rings. The van der Waals surface area contributed by atoms with Crippen molar-refractivity contribution >= 4 is 5.91 Å². The highest BCUT2D eigenvalue weighted by Crippen LogP contribution is 2.04. The molecule has 0 fully saturated rings. The number of benzene rings is 1. The molecular weight excluding hydrogens is 230 g/mol. The van der Waals surface area contributed by atoms with Crippen LogP contribution < -0.4 is 5.32 Å². The lowest BCUT2D eigenvalue weighted by Gasteiger charge is -2.10. The van der Waals surface area contributed by atoms with Crippen molar-refractivity contribution in [1.82, 2.24) is 5.32 Å². The number of carbonyl (C=O) groups excluding carboxylic acids is 1. The average molecular weight is 251 g/mol. The number of methoxy groups -OCH3 is 1. The number of rotatable bonds is 8. The SMILES string of the molecule is COCC(O)CNC(=O)CCCc1ccccc1. The molecule has 1 atom stereocenters. The van der Waals surface area contributed by atoms with Crippen LogP contribution in [-0.2, 0) is 16.0 Å². The molecule has 1 unspecified atom stereocenters. The van der Waals surface area contributed by atoms with E-state index in [0.717, 1.165) is 12.8 Å². The van der Waals surface area contributed by atoms with Gasteiger partial charge in [-0.1, -0.05) is 30.3 Å². The zero-order chi connectivity index (χ0) is 13.2. The Balaban J connectivity index is 2.10. The summed E-state index contributed by atoms with van der Waals surface area (Å²) in [6, 6.07) is 10.1. The van der Waals surface area contributed by atoms with E-state index in [2.05, 4.69) is 17.4 Å². The van der Waals surface area contributed by atoms with Gasteiger partial charge in [-0.3, -0.25) is 4.79 Å². The van der Waals surface area contributed by atoms with E-state index in [1.807, 2.05) is 18.2 Å². The summed E-state index contributed by atoms with van der Waals surface area (Å²) in [5.41, 5.74) is 1.24. The normalized spacial score (nSPS) is 12.1. The fourth-order valence-corrected chi connectivity index (χ4v) is 1.67. The predicted octanol–water partition coefficient (Wildman–Crippen LogP) is 1.13. The van der Waals surface area contributed by atoms with Gasteiger partial charge in [0, 0.05) is 20.1 Å². The quantitative estimate of drug-likeness (QED) is 0.728. The highest BCUT2D eigenvalue weighted by atomic mass is 16.5. The summed E-state index contributed by atoms with van der Waals surface area (Å²) in [6.45, 7) is 0.488. The number of carbonyl (C=O) groups is 1. The van der Waals surface area contributed by atoms with Crippen molar-refractivity contribution < 1.29 is 14.6 Å². The maximum absolute atomic E-state index is 11.5. The summed E-state index contributed by atoms with van der Waals surface area (Å²) in [4.78, 5) is 11.5. The number of aliphatic hydroxyl groups is 1. The van der Waals surface area contributed by atoms with Crippen LogP contribution in [0.15, 0.2) is 30.3 Å². The zero-order valence-electron chi connectivity index (χ0n) is 10.8. The van der Waals surface area contributed by atoms with E-state index in [0.29, 0.717) is 6.42 Å². The van der Waals surface area contributed by atoms with Crippen LogP contribution in [0, 0.1) is 0 Å². The largest absolute Gasteiger partial charge is 0.389 e. The molecule has 0 radical (unpaired) electrons. The molecule has 2 N–H and O–H groups in total. The number of aryl methyl sites for hydroxylation is 1. The number of amides is 1. The van der Waals surface area contributed by atoms with E-state index in [1.54, 1.807) is 0 Å². The molecule has 0 aliphatic carbocycles. The number of ether oxygens (including phenoxy) is 1. The molecule has 1 aromatic carbocycles. The maximum atomic E-state index is 11.5. The number of nitrogens with one attached hydrogen (secondary N) is 1. The fraction of sp³-hybridized carbons (Fsp3) is 0.500. The molecule has 100 valence electrons. The highest BCUT2D eigenvalue weighted by molar-refractivity contribution is 5.75. The van der Waals surface area contributed by atoms with Gasteiger partial charge >= 0.3 is 0 Å². The summed E-state index contributed by atoms with van der Waals surface area (Å²) in [5, 5.41) is 12.0. The van der Waals surface area contributed by atoms with Gasteiger partial charge in [0.15, 0.2) is 0 Å². The van der Waals surface area contributed by atoms with E-state index in [-0.39, 0.29) is 19.1 Å². The Labute approximate surface area is 108 Å². The predicted molar refractivity (Wildman–Crippen MR) is 70.3 cm³/mol. The monoisotopic (exact) mass is 251 g/mol. The molecule has 0 aliphatic heterocycles. The van der Waals surface area contributed by atoms with Gasteiger partial charge in [-0.25, -0.2) is 0 Å². The topological polar surface area (TPSA) is 58.6 Å². The van der Waals surface area contributed by atoms with Gasteiger partial charge in [0.05, 0.1) is 12.7 Å². The first-order valence-electron chi connectivity index (χ1n) is 6.20. The Morgan fingerprint density at radius 1 is 1.39 bits per heavy atom. The van der Waals surface area contributed by atoms with Crippen LogP contribution in [0.1, 0.15) is 18.4 Å². The van der Waals surface area contributed by atoms with Crippen molar-refractivity contribution in [2.45, 2.75) is 25.4 Å². The lowest BCUT2D eigenvalue weighted by atomic mass is 10.1. The Bertz CT molecular complexity index is 340. The summed E-state index contributed by atoms with van der Waals surface area (Å²) >= 11 is 0. The van der Waals surface area contributed by atoms with Gasteiger partial charge < -0.3 is 15.2 Å². The summed E-state index contributed by atoms with van der Waals surface area (Å²) in [5.74, 6) is -0.0268. The van der Waals surface area contributed by atoms with E-state index >= 15 is 0 Å². The van der Waals surface area contributed by atoms with Gasteiger partial charge in [0.2, 0.25) is 5.91 Å². The summed E-state index contributed by atoms with van der Waals surface area (Å²) in [6.07, 6.45) is 1.56. The van der Waals surface area contributed by atoms with Crippen LogP contribution in [0.5, 0.6) is 0 Å². The first kappa shape index (κ1) is 14.7. The average Bonchev–Trinajstić information content (AvgIpc) is 2.38. The molecule has 4 nitrogen and oxygen atoms in total. The van der Waals surface area contributed by atoms with E-state index in [9.17, 15) is 9.90 Å². The molecule has 1 aromatic rings. The van der Waals surface area contributed by atoms with Gasteiger partial charge in [-0.15, -0.1) is 0 Å². The van der Waals surface area contributed by atoms with Crippen LogP contribution in [0.3, 0.4) is 0 Å². The molecule has 1 amide bonds. The maximum Gasteiger partial charge on any atom is 0.220 e. The molecule has 1 rings (SSSR count). The zero-order valence-corrected chi connectivity index (χ0v) is 10.8. The molecule has 4 heteroatoms. The molecule has 0 spiro atoms. The lowest BCUT2D eigenvalue weighted by molar-refractivity contribution is -0.121. The van der Waals surface area contributed by atoms with Crippen molar-refractivity contribution in [3.8, 4) is 0 Å². The molecule has 0 heterocycles. The second-order valence-corrected chi connectivity index (χ2v) is 4.25. The Hall–Kier alpha value is -1.39. The number of aliphatic hydroxyl groups excluding tert-OH is 1. The minimum Gasteiger partial charge on any atom is -0.389 e. The van der Waals surface area contributed by atoms with Crippen molar-refractivity contribution in [3.63, 3.8) is 0 Å².